The van der Waals surface area contributed by atoms with E-state index in [0.29, 0.717) is 36.9 Å². The van der Waals surface area contributed by atoms with Crippen LogP contribution in [0.5, 0.6) is 0 Å². The minimum atomic E-state index is -1.04. The molecule has 0 aromatic carbocycles. The molecule has 0 aliphatic carbocycles. The lowest BCUT2D eigenvalue weighted by atomic mass is 10.2. The molecule has 0 saturated carbocycles. The lowest BCUT2D eigenvalue weighted by Crippen LogP contribution is -2.46. The minimum absolute atomic E-state index is 0.294. The van der Waals surface area contributed by atoms with Gasteiger partial charge in [0.1, 0.15) is 6.04 Å². The van der Waals surface area contributed by atoms with Crippen LogP contribution in [0.2, 0.25) is 0 Å². The Kier molecular flexibility index (Phi) is 6.85. The number of carboxylic acid groups (broad SMARTS) is 1. The quantitative estimate of drug-likeness (QED) is 0.637. The number of nitrogens with zero attached hydrogens (tertiary/aromatic N) is 2. The van der Waals surface area contributed by atoms with Gasteiger partial charge in [0.15, 0.2) is 5.82 Å². The number of aryl methyl sites for hydroxylation is 1. The van der Waals surface area contributed by atoms with Gasteiger partial charge in [0.2, 0.25) is 5.89 Å². The number of carbonyl (C=O) groups is 2. The molecule has 1 atom stereocenters. The second-order valence-corrected chi connectivity index (χ2v) is 5.04. The van der Waals surface area contributed by atoms with E-state index in [4.69, 9.17) is 9.63 Å². The summed E-state index contributed by atoms with van der Waals surface area (Å²) in [4.78, 5) is 26.5. The summed E-state index contributed by atoms with van der Waals surface area (Å²) in [5.74, 6) is 0.590. The fourth-order valence-electron chi connectivity index (χ4n) is 1.43. The van der Waals surface area contributed by atoms with Gasteiger partial charge in [0.05, 0.1) is 0 Å². The monoisotopic (exact) mass is 302 g/mol. The number of thioether (sulfide) groups is 1. The third-order valence-corrected chi connectivity index (χ3v) is 3.05. The largest absolute Gasteiger partial charge is 0.480 e. The average molecular weight is 302 g/mol. The zero-order valence-electron chi connectivity index (χ0n) is 11.4. The first-order valence-electron chi connectivity index (χ1n) is 6.08. The van der Waals surface area contributed by atoms with Crippen LogP contribution in [0.1, 0.15) is 18.1 Å². The van der Waals surface area contributed by atoms with E-state index in [-0.39, 0.29) is 0 Å². The first-order valence-corrected chi connectivity index (χ1v) is 7.47. The number of carboxylic acids is 1. The lowest BCUT2D eigenvalue weighted by molar-refractivity contribution is -0.139. The summed E-state index contributed by atoms with van der Waals surface area (Å²) >= 11 is 1.53. The standard InChI is InChI=1S/C11H18N4O4S/c1-7-13-9(19-15-7)3-5-12-11(18)14-8(10(16)17)4-6-20-2/h8H,3-6H2,1-2H3,(H,16,17)(H2,12,14,18)/t8-/m1/s1. The van der Waals surface area contributed by atoms with Crippen molar-refractivity contribution in [3.8, 4) is 0 Å². The highest BCUT2D eigenvalue weighted by Gasteiger charge is 2.19. The zero-order chi connectivity index (χ0) is 15.0. The van der Waals surface area contributed by atoms with Crippen LogP contribution in [0.4, 0.5) is 4.79 Å². The smallest absolute Gasteiger partial charge is 0.326 e. The second kappa shape index (κ2) is 8.41. The predicted octanol–water partition coefficient (Wildman–Crippen LogP) is 0.426. The second-order valence-electron chi connectivity index (χ2n) is 4.06. The molecule has 0 fully saturated rings. The molecule has 1 aromatic rings. The van der Waals surface area contributed by atoms with E-state index in [1.165, 1.54) is 11.8 Å². The Morgan fingerprint density at radius 1 is 1.50 bits per heavy atom. The Morgan fingerprint density at radius 2 is 2.25 bits per heavy atom. The third-order valence-electron chi connectivity index (χ3n) is 2.41. The summed E-state index contributed by atoms with van der Waals surface area (Å²) in [7, 11) is 0. The molecule has 112 valence electrons. The average Bonchev–Trinajstić information content (AvgIpc) is 2.80. The number of urea groups is 1. The summed E-state index contributed by atoms with van der Waals surface area (Å²) in [5.41, 5.74) is 0. The van der Waals surface area contributed by atoms with Gasteiger partial charge in [-0.3, -0.25) is 0 Å². The van der Waals surface area contributed by atoms with Crippen LogP contribution >= 0.6 is 11.8 Å². The van der Waals surface area contributed by atoms with E-state index in [1.807, 2.05) is 6.26 Å². The first kappa shape index (κ1) is 16.3. The molecule has 8 nitrogen and oxygen atoms in total. The van der Waals surface area contributed by atoms with Gasteiger partial charge in [0, 0.05) is 13.0 Å². The van der Waals surface area contributed by atoms with Crippen molar-refractivity contribution in [1.82, 2.24) is 20.8 Å². The van der Waals surface area contributed by atoms with Crippen LogP contribution in [0.15, 0.2) is 4.52 Å². The fraction of sp³-hybridized carbons (Fsp3) is 0.636. The lowest BCUT2D eigenvalue weighted by Gasteiger charge is -2.14. The zero-order valence-corrected chi connectivity index (χ0v) is 12.2. The summed E-state index contributed by atoms with van der Waals surface area (Å²) in [6, 6.07) is -1.40. The third kappa shape index (κ3) is 5.91. The van der Waals surface area contributed by atoms with Crippen LogP contribution < -0.4 is 10.6 Å². The van der Waals surface area contributed by atoms with Crippen molar-refractivity contribution in [2.75, 3.05) is 18.6 Å². The Labute approximate surface area is 120 Å². The fourth-order valence-corrected chi connectivity index (χ4v) is 1.90. The van der Waals surface area contributed by atoms with Crippen molar-refractivity contribution in [2.24, 2.45) is 0 Å². The number of nitrogens with one attached hydrogen (secondary N) is 2. The molecule has 1 rings (SSSR count). The summed E-state index contributed by atoms with van der Waals surface area (Å²) in [5, 5.41) is 17.6. The number of carbonyl (C=O) groups excluding carboxylic acids is 1. The number of rotatable bonds is 8. The Hall–Kier alpha value is -1.77. The van der Waals surface area contributed by atoms with E-state index in [2.05, 4.69) is 20.8 Å². The van der Waals surface area contributed by atoms with Gasteiger partial charge in [-0.05, 0) is 25.4 Å². The maximum absolute atomic E-state index is 11.6. The van der Waals surface area contributed by atoms with Crippen LogP contribution in [0.25, 0.3) is 0 Å². The topological polar surface area (TPSA) is 117 Å². The maximum atomic E-state index is 11.6. The predicted molar refractivity (Wildman–Crippen MR) is 73.7 cm³/mol. The van der Waals surface area contributed by atoms with Gasteiger partial charge >= 0.3 is 12.0 Å². The van der Waals surface area contributed by atoms with Crippen molar-refractivity contribution < 1.29 is 19.2 Å². The molecule has 0 bridgehead atoms. The molecule has 20 heavy (non-hydrogen) atoms. The molecular formula is C11H18N4O4S. The first-order chi connectivity index (χ1) is 9.52. The highest BCUT2D eigenvalue weighted by atomic mass is 32.2. The molecule has 0 radical (unpaired) electrons. The molecule has 0 saturated heterocycles. The van der Waals surface area contributed by atoms with E-state index >= 15 is 0 Å². The normalized spacial score (nSPS) is 11.9. The number of amides is 2. The summed E-state index contributed by atoms with van der Waals surface area (Å²) < 4.78 is 4.89. The summed E-state index contributed by atoms with van der Waals surface area (Å²) in [6.07, 6.45) is 2.66. The highest BCUT2D eigenvalue weighted by Crippen LogP contribution is 2.01. The molecule has 0 unspecified atom stereocenters. The molecular weight excluding hydrogens is 284 g/mol. The summed E-state index contributed by atoms with van der Waals surface area (Å²) in [6.45, 7) is 2.00. The van der Waals surface area contributed by atoms with Gasteiger partial charge in [-0.15, -0.1) is 0 Å². The van der Waals surface area contributed by atoms with Gasteiger partial charge in [0.25, 0.3) is 0 Å². The minimum Gasteiger partial charge on any atom is -0.480 e. The number of aliphatic carboxylic acids is 1. The Morgan fingerprint density at radius 3 is 2.80 bits per heavy atom. The Bertz CT molecular complexity index is 451. The van der Waals surface area contributed by atoms with Crippen molar-refractivity contribution in [3.05, 3.63) is 11.7 Å². The van der Waals surface area contributed by atoms with Crippen molar-refractivity contribution in [3.63, 3.8) is 0 Å². The van der Waals surface area contributed by atoms with Gasteiger partial charge in [-0.1, -0.05) is 5.16 Å². The Balaban J connectivity index is 2.28. The molecule has 0 aliphatic heterocycles. The SMILES string of the molecule is CSCC[C@@H](NC(=O)NCCc1nc(C)no1)C(=O)O. The van der Waals surface area contributed by atoms with Crippen LogP contribution in [-0.4, -0.2) is 51.8 Å². The molecule has 1 heterocycles. The van der Waals surface area contributed by atoms with Crippen LogP contribution in [0.3, 0.4) is 0 Å². The molecule has 0 spiro atoms. The van der Waals surface area contributed by atoms with E-state index in [9.17, 15) is 9.59 Å². The van der Waals surface area contributed by atoms with E-state index in [1.54, 1.807) is 6.92 Å². The van der Waals surface area contributed by atoms with Crippen LogP contribution in [-0.2, 0) is 11.2 Å². The molecule has 2 amide bonds. The van der Waals surface area contributed by atoms with Gasteiger partial charge in [-0.2, -0.15) is 16.7 Å². The maximum Gasteiger partial charge on any atom is 0.326 e. The molecule has 9 heteroatoms. The number of aromatic nitrogens is 2. The molecule has 0 aliphatic rings. The number of hydrogen-bond donors (Lipinski definition) is 3. The molecule has 3 N–H and O–H groups in total. The van der Waals surface area contributed by atoms with E-state index in [0.717, 1.165) is 0 Å². The van der Waals surface area contributed by atoms with Crippen LogP contribution in [0, 0.1) is 6.92 Å². The van der Waals surface area contributed by atoms with Crippen molar-refractivity contribution in [2.45, 2.75) is 25.8 Å². The van der Waals surface area contributed by atoms with Crippen molar-refractivity contribution >= 4 is 23.8 Å². The van der Waals surface area contributed by atoms with Crippen molar-refractivity contribution in [1.29, 1.82) is 0 Å². The highest BCUT2D eigenvalue weighted by molar-refractivity contribution is 7.98. The molecule has 1 aromatic heterocycles. The van der Waals surface area contributed by atoms with E-state index < -0.39 is 18.0 Å². The number of hydrogen-bond acceptors (Lipinski definition) is 6. The van der Waals surface area contributed by atoms with Gasteiger partial charge < -0.3 is 20.3 Å². The van der Waals surface area contributed by atoms with Gasteiger partial charge in [-0.25, -0.2) is 9.59 Å².